The molecule has 2 aromatic heterocycles. The molecule has 0 spiro atoms. The van der Waals surface area contributed by atoms with Gasteiger partial charge in [0, 0.05) is 11.1 Å². The first-order chi connectivity index (χ1) is 11.6. The first-order valence-electron chi connectivity index (χ1n) is 7.43. The Morgan fingerprint density at radius 2 is 2.17 bits per heavy atom. The molecule has 1 aromatic carbocycles. The predicted molar refractivity (Wildman–Crippen MR) is 89.2 cm³/mol. The number of hydrogen-bond acceptors (Lipinski definition) is 6. The number of benzene rings is 1. The fraction of sp³-hybridized carbons (Fsp3) is 0.250. The lowest BCUT2D eigenvalue weighted by atomic mass is 10.1. The number of nitrogens with one attached hydrogen (secondary N) is 1. The molecule has 124 valence electrons. The molecule has 0 unspecified atom stereocenters. The number of rotatable bonds is 6. The van der Waals surface area contributed by atoms with E-state index in [2.05, 4.69) is 20.6 Å². The Morgan fingerprint density at radius 1 is 1.38 bits per heavy atom. The number of thiazole rings is 1. The molecular formula is C16H17N5O2S. The summed E-state index contributed by atoms with van der Waals surface area (Å²) in [5.74, 6) is -0.187. The Labute approximate surface area is 143 Å². The number of aromatic nitrogens is 4. The zero-order valence-electron chi connectivity index (χ0n) is 13.1. The summed E-state index contributed by atoms with van der Waals surface area (Å²) in [5, 5.41) is 21.8. The van der Waals surface area contributed by atoms with E-state index in [0.717, 1.165) is 15.4 Å². The van der Waals surface area contributed by atoms with Gasteiger partial charge in [-0.3, -0.25) is 4.79 Å². The molecule has 24 heavy (non-hydrogen) atoms. The number of aliphatic hydroxyl groups is 1. The van der Waals surface area contributed by atoms with Crippen LogP contribution in [-0.2, 0) is 17.9 Å². The van der Waals surface area contributed by atoms with Crippen LogP contribution in [0, 0.1) is 6.92 Å². The molecule has 7 nitrogen and oxygen atoms in total. The molecule has 3 aromatic rings. The van der Waals surface area contributed by atoms with Crippen molar-refractivity contribution in [3.8, 4) is 0 Å². The summed E-state index contributed by atoms with van der Waals surface area (Å²) in [6.45, 7) is 2.41. The molecular weight excluding hydrogens is 326 g/mol. The maximum Gasteiger partial charge on any atom is 0.242 e. The van der Waals surface area contributed by atoms with E-state index < -0.39 is 6.10 Å². The highest BCUT2D eigenvalue weighted by Crippen LogP contribution is 2.18. The van der Waals surface area contributed by atoms with Crippen LogP contribution >= 0.6 is 11.3 Å². The molecule has 2 heterocycles. The smallest absolute Gasteiger partial charge is 0.242 e. The van der Waals surface area contributed by atoms with Crippen LogP contribution in [0.5, 0.6) is 0 Å². The van der Waals surface area contributed by atoms with Gasteiger partial charge in [0.1, 0.15) is 23.4 Å². The van der Waals surface area contributed by atoms with Gasteiger partial charge in [-0.05, 0) is 12.5 Å². The van der Waals surface area contributed by atoms with Crippen molar-refractivity contribution in [2.45, 2.75) is 26.1 Å². The molecule has 0 fully saturated rings. The van der Waals surface area contributed by atoms with Crippen LogP contribution in [0.15, 0.2) is 42.7 Å². The van der Waals surface area contributed by atoms with E-state index in [9.17, 15) is 9.90 Å². The van der Waals surface area contributed by atoms with Gasteiger partial charge >= 0.3 is 0 Å². The highest BCUT2D eigenvalue weighted by Gasteiger charge is 2.15. The van der Waals surface area contributed by atoms with Crippen molar-refractivity contribution in [3.05, 3.63) is 63.9 Å². The average molecular weight is 343 g/mol. The van der Waals surface area contributed by atoms with Gasteiger partial charge in [-0.1, -0.05) is 35.5 Å². The predicted octanol–water partition coefficient (Wildman–Crippen LogP) is 1.44. The van der Waals surface area contributed by atoms with Crippen molar-refractivity contribution in [1.29, 1.82) is 0 Å². The highest BCUT2D eigenvalue weighted by molar-refractivity contribution is 7.11. The molecule has 0 aliphatic carbocycles. The van der Waals surface area contributed by atoms with Crippen molar-refractivity contribution in [3.63, 3.8) is 0 Å². The Morgan fingerprint density at radius 3 is 2.88 bits per heavy atom. The molecule has 8 heteroatoms. The first-order valence-corrected chi connectivity index (χ1v) is 8.24. The molecule has 0 bridgehead atoms. The topological polar surface area (TPSA) is 92.9 Å². The number of aryl methyl sites for hydroxylation is 1. The van der Waals surface area contributed by atoms with Gasteiger partial charge in [-0.15, -0.1) is 16.4 Å². The van der Waals surface area contributed by atoms with E-state index in [-0.39, 0.29) is 12.5 Å². The van der Waals surface area contributed by atoms with E-state index in [0.29, 0.717) is 12.2 Å². The summed E-state index contributed by atoms with van der Waals surface area (Å²) in [5.41, 5.74) is 1.14. The fourth-order valence-electron chi connectivity index (χ4n) is 2.18. The van der Waals surface area contributed by atoms with Gasteiger partial charge in [0.15, 0.2) is 0 Å². The lowest BCUT2D eigenvalue weighted by Crippen LogP contribution is -2.27. The molecule has 0 saturated carbocycles. The maximum atomic E-state index is 12.0. The van der Waals surface area contributed by atoms with Crippen molar-refractivity contribution in [2.75, 3.05) is 0 Å². The van der Waals surface area contributed by atoms with Gasteiger partial charge in [0.25, 0.3) is 0 Å². The number of carbonyl (C=O) groups is 1. The summed E-state index contributed by atoms with van der Waals surface area (Å²) in [6.07, 6.45) is 2.49. The third-order valence-electron chi connectivity index (χ3n) is 3.36. The standard InChI is InChI=1S/C16H17N5O2S/c1-11-7-18-15(24-11)8-17-14(22)10-21-9-13(19-20-21)16(23)12-5-3-2-4-6-12/h2-7,9,16,23H,8,10H2,1H3,(H,17,22)/t16-/m1/s1. The van der Waals surface area contributed by atoms with E-state index in [1.54, 1.807) is 23.7 Å². The molecule has 0 saturated heterocycles. The zero-order chi connectivity index (χ0) is 16.9. The lowest BCUT2D eigenvalue weighted by molar-refractivity contribution is -0.122. The van der Waals surface area contributed by atoms with Gasteiger partial charge in [-0.25, -0.2) is 9.67 Å². The summed E-state index contributed by atoms with van der Waals surface area (Å²) in [7, 11) is 0. The van der Waals surface area contributed by atoms with Gasteiger partial charge in [0.2, 0.25) is 5.91 Å². The summed E-state index contributed by atoms with van der Waals surface area (Å²) < 4.78 is 1.41. The Kier molecular flexibility index (Phi) is 4.97. The molecule has 3 rings (SSSR count). The van der Waals surface area contributed by atoms with Crippen LogP contribution < -0.4 is 5.32 Å². The lowest BCUT2D eigenvalue weighted by Gasteiger charge is -2.06. The summed E-state index contributed by atoms with van der Waals surface area (Å²) in [4.78, 5) is 17.3. The molecule has 0 aliphatic rings. The second kappa shape index (κ2) is 7.33. The van der Waals surface area contributed by atoms with Crippen LogP contribution in [0.2, 0.25) is 0 Å². The van der Waals surface area contributed by atoms with E-state index >= 15 is 0 Å². The molecule has 2 N–H and O–H groups in total. The van der Waals surface area contributed by atoms with Crippen molar-refractivity contribution < 1.29 is 9.90 Å². The van der Waals surface area contributed by atoms with Gasteiger partial charge < -0.3 is 10.4 Å². The summed E-state index contributed by atoms with van der Waals surface area (Å²) >= 11 is 1.55. The monoisotopic (exact) mass is 343 g/mol. The highest BCUT2D eigenvalue weighted by atomic mass is 32.1. The Balaban J connectivity index is 1.56. The fourth-order valence-corrected chi connectivity index (χ4v) is 2.91. The molecule has 0 radical (unpaired) electrons. The minimum absolute atomic E-state index is 0.0405. The Hall–Kier alpha value is -2.58. The number of amides is 1. The van der Waals surface area contributed by atoms with Crippen LogP contribution in [-0.4, -0.2) is 31.0 Å². The largest absolute Gasteiger partial charge is 0.382 e. The number of nitrogens with zero attached hydrogens (tertiary/aromatic N) is 4. The third-order valence-corrected chi connectivity index (χ3v) is 4.28. The number of hydrogen-bond donors (Lipinski definition) is 2. The maximum absolute atomic E-state index is 12.0. The minimum Gasteiger partial charge on any atom is -0.382 e. The number of aliphatic hydroxyl groups excluding tert-OH is 1. The summed E-state index contributed by atoms with van der Waals surface area (Å²) in [6, 6.07) is 9.19. The second-order valence-corrected chi connectivity index (χ2v) is 6.61. The van der Waals surface area contributed by atoms with Crippen LogP contribution in [0.1, 0.15) is 27.2 Å². The molecule has 0 aliphatic heterocycles. The van der Waals surface area contributed by atoms with Crippen LogP contribution in [0.4, 0.5) is 0 Å². The van der Waals surface area contributed by atoms with E-state index in [1.807, 2.05) is 37.3 Å². The van der Waals surface area contributed by atoms with Gasteiger partial charge in [0.05, 0.1) is 12.7 Å². The van der Waals surface area contributed by atoms with Crippen molar-refractivity contribution in [2.24, 2.45) is 0 Å². The van der Waals surface area contributed by atoms with Crippen LogP contribution in [0.25, 0.3) is 0 Å². The molecule has 1 atom stereocenters. The SMILES string of the molecule is Cc1cnc(CNC(=O)Cn2cc([C@H](O)c3ccccc3)nn2)s1. The van der Waals surface area contributed by atoms with Crippen molar-refractivity contribution in [1.82, 2.24) is 25.3 Å². The number of carbonyl (C=O) groups excluding carboxylic acids is 1. The van der Waals surface area contributed by atoms with E-state index in [1.165, 1.54) is 4.68 Å². The average Bonchev–Trinajstić information content (AvgIpc) is 3.22. The van der Waals surface area contributed by atoms with Crippen molar-refractivity contribution >= 4 is 17.2 Å². The molecule has 1 amide bonds. The second-order valence-electron chi connectivity index (χ2n) is 5.30. The first kappa shape index (κ1) is 16.3. The minimum atomic E-state index is -0.860. The van der Waals surface area contributed by atoms with E-state index in [4.69, 9.17) is 0 Å². The Bertz CT molecular complexity index is 815. The zero-order valence-corrected chi connectivity index (χ0v) is 13.9. The normalized spacial score (nSPS) is 12.1. The van der Waals surface area contributed by atoms with Gasteiger partial charge in [-0.2, -0.15) is 0 Å². The van der Waals surface area contributed by atoms with Crippen LogP contribution in [0.3, 0.4) is 0 Å². The quantitative estimate of drug-likeness (QED) is 0.706. The third kappa shape index (κ3) is 4.03.